The van der Waals surface area contributed by atoms with Gasteiger partial charge in [-0.1, -0.05) is 12.1 Å². The number of carboxylic acids is 1. The summed E-state index contributed by atoms with van der Waals surface area (Å²) in [5.74, 6) is -1.86. The van der Waals surface area contributed by atoms with Crippen molar-refractivity contribution in [2.45, 2.75) is 56.5 Å². The SMILES string of the molecule is Cc1ccc(N2C[C@@H](C)N(S(=O)(=O)c3ccc4c(c3)C(C(=O)O)CC4)[C@@H](C)C2)cc1F. The summed E-state index contributed by atoms with van der Waals surface area (Å²) < 4.78 is 42.6. The molecule has 2 aromatic carbocycles. The number of carboxylic acid groups (broad SMARTS) is 1. The van der Waals surface area contributed by atoms with Crippen LogP contribution in [0.3, 0.4) is 0 Å². The molecule has 0 aromatic heterocycles. The maximum Gasteiger partial charge on any atom is 0.310 e. The lowest BCUT2D eigenvalue weighted by atomic mass is 10.0. The minimum atomic E-state index is -3.81. The normalized spacial score (nSPS) is 24.3. The summed E-state index contributed by atoms with van der Waals surface area (Å²) >= 11 is 0. The van der Waals surface area contributed by atoms with Crippen LogP contribution in [-0.4, -0.2) is 49.0 Å². The third kappa shape index (κ3) is 3.83. The van der Waals surface area contributed by atoms with E-state index in [0.717, 1.165) is 11.3 Å². The number of aryl methyl sites for hydroxylation is 2. The largest absolute Gasteiger partial charge is 0.481 e. The molecule has 4 rings (SSSR count). The Morgan fingerprint density at radius 3 is 2.39 bits per heavy atom. The Bertz CT molecular complexity index is 1120. The molecule has 166 valence electrons. The number of hydrogen-bond donors (Lipinski definition) is 1. The lowest BCUT2D eigenvalue weighted by Crippen LogP contribution is -2.58. The first-order chi connectivity index (χ1) is 14.6. The Kier molecular flexibility index (Phi) is 5.55. The molecule has 1 unspecified atom stereocenters. The molecule has 0 bridgehead atoms. The highest BCUT2D eigenvalue weighted by Gasteiger charge is 2.39. The zero-order valence-corrected chi connectivity index (χ0v) is 18.7. The van der Waals surface area contributed by atoms with E-state index in [2.05, 4.69) is 0 Å². The molecule has 2 aromatic rings. The van der Waals surface area contributed by atoms with Crippen LogP contribution in [0.1, 0.15) is 42.9 Å². The van der Waals surface area contributed by atoms with Gasteiger partial charge >= 0.3 is 5.97 Å². The molecular weight excluding hydrogens is 419 g/mol. The molecular formula is C23H27FN2O4S. The van der Waals surface area contributed by atoms with Crippen molar-refractivity contribution >= 4 is 21.7 Å². The number of halogens is 1. The Hall–Kier alpha value is -2.45. The Morgan fingerprint density at radius 2 is 1.77 bits per heavy atom. The van der Waals surface area contributed by atoms with Crippen molar-refractivity contribution in [3.05, 3.63) is 58.9 Å². The predicted octanol–water partition coefficient (Wildman–Crippen LogP) is 3.54. The number of aliphatic carboxylic acids is 1. The third-order valence-electron chi connectivity index (χ3n) is 6.43. The van der Waals surface area contributed by atoms with E-state index in [4.69, 9.17) is 0 Å². The molecule has 3 atom stereocenters. The highest BCUT2D eigenvalue weighted by atomic mass is 32.2. The number of piperazine rings is 1. The zero-order chi connectivity index (χ0) is 22.5. The van der Waals surface area contributed by atoms with Gasteiger partial charge in [-0.25, -0.2) is 12.8 Å². The molecule has 8 heteroatoms. The molecule has 6 nitrogen and oxygen atoms in total. The smallest absolute Gasteiger partial charge is 0.310 e. The van der Waals surface area contributed by atoms with Crippen LogP contribution in [0.4, 0.5) is 10.1 Å². The van der Waals surface area contributed by atoms with Crippen LogP contribution in [0.5, 0.6) is 0 Å². The molecule has 1 aliphatic carbocycles. The number of hydrogen-bond acceptors (Lipinski definition) is 4. The van der Waals surface area contributed by atoms with Crippen molar-refractivity contribution < 1.29 is 22.7 Å². The first-order valence-corrected chi connectivity index (χ1v) is 11.9. The molecule has 1 fully saturated rings. The fraction of sp³-hybridized carbons (Fsp3) is 0.435. The van der Waals surface area contributed by atoms with Crippen LogP contribution in [0.25, 0.3) is 0 Å². The average Bonchev–Trinajstić information content (AvgIpc) is 3.13. The van der Waals surface area contributed by atoms with Crippen LogP contribution < -0.4 is 4.90 Å². The van der Waals surface area contributed by atoms with Gasteiger partial charge in [0.15, 0.2) is 0 Å². The second-order valence-electron chi connectivity index (χ2n) is 8.66. The van der Waals surface area contributed by atoms with Crippen molar-refractivity contribution in [3.63, 3.8) is 0 Å². The van der Waals surface area contributed by atoms with Gasteiger partial charge in [0.05, 0.1) is 10.8 Å². The van der Waals surface area contributed by atoms with Crippen LogP contribution in [0.2, 0.25) is 0 Å². The first-order valence-electron chi connectivity index (χ1n) is 10.5. The minimum absolute atomic E-state index is 0.132. The van der Waals surface area contributed by atoms with Crippen LogP contribution in [0.15, 0.2) is 41.3 Å². The minimum Gasteiger partial charge on any atom is -0.481 e. The number of carbonyl (C=O) groups is 1. The predicted molar refractivity (Wildman–Crippen MR) is 116 cm³/mol. The molecule has 2 aliphatic rings. The summed E-state index contributed by atoms with van der Waals surface area (Å²) in [7, 11) is -3.81. The van der Waals surface area contributed by atoms with E-state index in [1.54, 1.807) is 25.1 Å². The zero-order valence-electron chi connectivity index (χ0n) is 17.9. The standard InChI is InChI=1S/C23H27FN2O4S/c1-14-4-7-18(10-22(14)24)25-12-15(2)26(16(3)13-25)31(29,30)19-8-5-17-6-9-20(23(27)28)21(17)11-19/h4-5,7-8,10-11,15-16,20H,6,9,12-13H2,1-3H3,(H,27,28)/t15-,16+,20?. The van der Waals surface area contributed by atoms with Gasteiger partial charge in [-0.2, -0.15) is 4.31 Å². The van der Waals surface area contributed by atoms with Crippen molar-refractivity contribution in [1.82, 2.24) is 4.31 Å². The second-order valence-corrected chi connectivity index (χ2v) is 10.5. The molecule has 0 radical (unpaired) electrons. The third-order valence-corrected chi connectivity index (χ3v) is 8.55. The number of nitrogens with zero attached hydrogens (tertiary/aromatic N) is 2. The number of anilines is 1. The van der Waals surface area contributed by atoms with Gasteiger partial charge in [-0.15, -0.1) is 0 Å². The Labute approximate surface area is 182 Å². The molecule has 0 amide bonds. The van der Waals surface area contributed by atoms with Crippen molar-refractivity contribution in [1.29, 1.82) is 0 Å². The van der Waals surface area contributed by atoms with E-state index < -0.39 is 21.9 Å². The lowest BCUT2D eigenvalue weighted by Gasteiger charge is -2.44. The molecule has 0 spiro atoms. The molecule has 31 heavy (non-hydrogen) atoms. The van der Waals surface area contributed by atoms with E-state index in [1.807, 2.05) is 24.8 Å². The van der Waals surface area contributed by atoms with Crippen molar-refractivity contribution in [3.8, 4) is 0 Å². The summed E-state index contributed by atoms with van der Waals surface area (Å²) in [5.41, 5.74) is 2.81. The average molecular weight is 447 g/mol. The van der Waals surface area contributed by atoms with E-state index in [9.17, 15) is 22.7 Å². The number of sulfonamides is 1. The van der Waals surface area contributed by atoms with Gasteiger partial charge in [0.25, 0.3) is 0 Å². The van der Waals surface area contributed by atoms with E-state index in [0.29, 0.717) is 37.1 Å². The molecule has 1 heterocycles. The van der Waals surface area contributed by atoms with Gasteiger partial charge in [-0.3, -0.25) is 4.79 Å². The molecule has 1 N–H and O–H groups in total. The fourth-order valence-corrected chi connectivity index (χ4v) is 6.73. The van der Waals surface area contributed by atoms with E-state index in [-0.39, 0.29) is 22.8 Å². The number of benzene rings is 2. The highest BCUT2D eigenvalue weighted by Crippen LogP contribution is 2.36. The summed E-state index contributed by atoms with van der Waals surface area (Å²) in [6.45, 7) is 6.28. The topological polar surface area (TPSA) is 77.9 Å². The van der Waals surface area contributed by atoms with Crippen LogP contribution in [0, 0.1) is 12.7 Å². The molecule has 1 saturated heterocycles. The second kappa shape index (κ2) is 7.91. The summed E-state index contributed by atoms with van der Waals surface area (Å²) in [6, 6.07) is 9.28. The Morgan fingerprint density at radius 1 is 1.10 bits per heavy atom. The first kappa shape index (κ1) is 21.8. The maximum absolute atomic E-state index is 14.0. The highest BCUT2D eigenvalue weighted by molar-refractivity contribution is 7.89. The van der Waals surface area contributed by atoms with Crippen LogP contribution >= 0.6 is 0 Å². The summed E-state index contributed by atoms with van der Waals surface area (Å²) in [4.78, 5) is 13.7. The maximum atomic E-state index is 14.0. The quantitative estimate of drug-likeness (QED) is 0.777. The summed E-state index contributed by atoms with van der Waals surface area (Å²) in [5, 5.41) is 9.47. The lowest BCUT2D eigenvalue weighted by molar-refractivity contribution is -0.138. The monoisotopic (exact) mass is 446 g/mol. The summed E-state index contributed by atoms with van der Waals surface area (Å²) in [6.07, 6.45) is 1.14. The van der Waals surface area contributed by atoms with Gasteiger partial charge in [0.2, 0.25) is 10.0 Å². The number of rotatable bonds is 4. The molecule has 0 saturated carbocycles. The van der Waals surface area contributed by atoms with E-state index in [1.165, 1.54) is 16.4 Å². The van der Waals surface area contributed by atoms with Crippen LogP contribution in [-0.2, 0) is 21.2 Å². The Balaban J connectivity index is 1.62. The fourth-order valence-electron chi connectivity index (χ4n) is 4.89. The van der Waals surface area contributed by atoms with Gasteiger partial charge in [0.1, 0.15) is 5.82 Å². The van der Waals surface area contributed by atoms with Gasteiger partial charge < -0.3 is 10.0 Å². The number of fused-ring (bicyclic) bond motifs is 1. The molecule has 1 aliphatic heterocycles. The van der Waals surface area contributed by atoms with Crippen molar-refractivity contribution in [2.75, 3.05) is 18.0 Å². The van der Waals surface area contributed by atoms with Gasteiger partial charge in [0, 0.05) is 30.9 Å². The van der Waals surface area contributed by atoms with Gasteiger partial charge in [-0.05, 0) is 74.6 Å². The van der Waals surface area contributed by atoms with Crippen molar-refractivity contribution in [2.24, 2.45) is 0 Å². The van der Waals surface area contributed by atoms with E-state index >= 15 is 0 Å².